The summed E-state index contributed by atoms with van der Waals surface area (Å²) in [6.07, 6.45) is 1.42. The van der Waals surface area contributed by atoms with Gasteiger partial charge < -0.3 is 15.5 Å². The summed E-state index contributed by atoms with van der Waals surface area (Å²) in [6, 6.07) is 6.43. The van der Waals surface area contributed by atoms with Crippen LogP contribution >= 0.6 is 11.8 Å². The maximum absolute atomic E-state index is 13.2. The number of ketones is 1. The number of benzene rings is 1. The second kappa shape index (κ2) is 11.6. The van der Waals surface area contributed by atoms with Crippen molar-refractivity contribution in [3.8, 4) is 0 Å². The summed E-state index contributed by atoms with van der Waals surface area (Å²) in [7, 11) is -4.23. The molecule has 0 bridgehead atoms. The highest BCUT2D eigenvalue weighted by Crippen LogP contribution is 2.36. The van der Waals surface area contributed by atoms with Gasteiger partial charge >= 0.3 is 15.8 Å². The fourth-order valence-electron chi connectivity index (χ4n) is 4.09. The number of carbonyl (C=O) groups is 1. The zero-order valence-corrected chi connectivity index (χ0v) is 21.5. The van der Waals surface area contributed by atoms with Gasteiger partial charge in [-0.15, -0.1) is 0 Å². The number of thioether (sulfide) groups is 1. The number of nitrogens with one attached hydrogen (secondary N) is 1. The van der Waals surface area contributed by atoms with E-state index in [4.69, 9.17) is 5.14 Å². The Balaban J connectivity index is 1.43. The Morgan fingerprint density at radius 2 is 1.92 bits per heavy atom. The summed E-state index contributed by atoms with van der Waals surface area (Å²) >= 11 is -0.212. The molecule has 1 saturated carbocycles. The normalized spacial score (nSPS) is 21.7. The van der Waals surface area contributed by atoms with Crippen LogP contribution in [0.25, 0.3) is 0 Å². The Labute approximate surface area is 224 Å². The molecule has 4 atom stereocenters. The molecule has 39 heavy (non-hydrogen) atoms. The molecule has 12 nitrogen and oxygen atoms in total. The van der Waals surface area contributed by atoms with Gasteiger partial charge in [-0.25, -0.2) is 15.1 Å². The first-order valence-electron chi connectivity index (χ1n) is 11.3. The standard InChI is InChI=1S/C22H23F3N6O6S2/c23-22(24,25)38-14-3-1-12(2-4-14)9-31-6-5-16(30-31)19(33)15-8-27-11-28-21(15)29-17-7-13(18(32)20(17)34)10-37-39(26,35)36/h1-6,8,11,13,17-18,20,32,34H,7,9-10H2,(H2,26,35,36)(H,27,28,29)/t13-,17-,18-,20+/m1/s1. The van der Waals surface area contributed by atoms with Gasteiger partial charge in [0.05, 0.1) is 30.9 Å². The van der Waals surface area contributed by atoms with Gasteiger partial charge in [0, 0.05) is 23.2 Å². The molecule has 5 N–H and O–H groups in total. The predicted octanol–water partition coefficient (Wildman–Crippen LogP) is 1.31. The van der Waals surface area contributed by atoms with Crippen molar-refractivity contribution < 1.29 is 40.8 Å². The number of rotatable bonds is 10. The van der Waals surface area contributed by atoms with Gasteiger partial charge in [0.25, 0.3) is 0 Å². The van der Waals surface area contributed by atoms with E-state index in [-0.39, 0.29) is 46.7 Å². The summed E-state index contributed by atoms with van der Waals surface area (Å²) in [5.74, 6) is -1.24. The number of hydrogen-bond acceptors (Lipinski definition) is 11. The van der Waals surface area contributed by atoms with Gasteiger partial charge in [-0.1, -0.05) is 12.1 Å². The number of halogens is 3. The molecule has 2 heterocycles. The van der Waals surface area contributed by atoms with Crippen LogP contribution in [-0.2, 0) is 21.0 Å². The van der Waals surface area contributed by atoms with Crippen LogP contribution < -0.4 is 10.5 Å². The molecule has 1 aliphatic rings. The minimum Gasteiger partial charge on any atom is -0.390 e. The van der Waals surface area contributed by atoms with Crippen molar-refractivity contribution in [1.82, 2.24) is 19.7 Å². The fourth-order valence-corrected chi connectivity index (χ4v) is 5.00. The molecule has 0 radical (unpaired) electrons. The van der Waals surface area contributed by atoms with Gasteiger partial charge in [0.15, 0.2) is 0 Å². The lowest BCUT2D eigenvalue weighted by Crippen LogP contribution is -2.36. The Morgan fingerprint density at radius 1 is 1.21 bits per heavy atom. The number of nitrogens with zero attached hydrogens (tertiary/aromatic N) is 4. The number of nitrogens with two attached hydrogens (primary N) is 1. The zero-order valence-electron chi connectivity index (χ0n) is 19.9. The van der Waals surface area contributed by atoms with Crippen molar-refractivity contribution in [2.45, 2.75) is 41.6 Å². The van der Waals surface area contributed by atoms with Crippen molar-refractivity contribution in [1.29, 1.82) is 0 Å². The lowest BCUT2D eigenvalue weighted by atomic mass is 10.1. The van der Waals surface area contributed by atoms with Crippen LogP contribution in [0.2, 0.25) is 0 Å². The molecule has 17 heteroatoms. The molecule has 3 aromatic rings. The molecular weight excluding hydrogens is 565 g/mol. The minimum absolute atomic E-state index is 0.0298. The first-order valence-corrected chi connectivity index (χ1v) is 13.6. The molecule has 2 aromatic heterocycles. The summed E-state index contributed by atoms with van der Waals surface area (Å²) in [6.45, 7) is -0.235. The zero-order chi connectivity index (χ0) is 28.4. The van der Waals surface area contributed by atoms with E-state index in [1.54, 1.807) is 0 Å². The number of aliphatic hydroxyl groups excluding tert-OH is 2. The van der Waals surface area contributed by atoms with Crippen LogP contribution in [0.1, 0.15) is 28.0 Å². The van der Waals surface area contributed by atoms with Crippen LogP contribution in [0.3, 0.4) is 0 Å². The molecule has 1 aromatic carbocycles. The van der Waals surface area contributed by atoms with Crippen LogP contribution in [0.4, 0.5) is 19.0 Å². The average Bonchev–Trinajstić information content (AvgIpc) is 3.43. The van der Waals surface area contributed by atoms with Gasteiger partial charge in [0.2, 0.25) is 5.78 Å². The van der Waals surface area contributed by atoms with Gasteiger partial charge in [-0.2, -0.15) is 26.7 Å². The SMILES string of the molecule is NS(=O)(=O)OC[C@H]1C[C@@H](Nc2ncncc2C(=O)c2ccn(Cc3ccc(SC(F)(F)F)cc3)n2)[C@H](O)[C@@H]1O. The highest BCUT2D eigenvalue weighted by molar-refractivity contribution is 8.00. The third-order valence-corrected chi connectivity index (χ3v) is 7.11. The van der Waals surface area contributed by atoms with E-state index in [0.717, 1.165) is 0 Å². The number of aliphatic hydroxyl groups is 2. The van der Waals surface area contributed by atoms with Crippen molar-refractivity contribution in [3.63, 3.8) is 0 Å². The summed E-state index contributed by atoms with van der Waals surface area (Å²) in [5.41, 5.74) is -3.64. The number of hydrogen-bond donors (Lipinski definition) is 4. The first kappa shape index (κ1) is 28.9. The number of anilines is 1. The van der Waals surface area contributed by atoms with E-state index in [2.05, 4.69) is 24.6 Å². The predicted molar refractivity (Wildman–Crippen MR) is 132 cm³/mol. The summed E-state index contributed by atoms with van der Waals surface area (Å²) in [4.78, 5) is 21.2. The first-order chi connectivity index (χ1) is 18.3. The molecular formula is C22H23F3N6O6S2. The lowest BCUT2D eigenvalue weighted by molar-refractivity contribution is -0.0328. The molecule has 4 rings (SSSR count). The molecule has 0 unspecified atom stereocenters. The van der Waals surface area contributed by atoms with Crippen molar-refractivity contribution in [2.24, 2.45) is 11.1 Å². The van der Waals surface area contributed by atoms with E-state index in [1.807, 2.05) is 0 Å². The van der Waals surface area contributed by atoms with Gasteiger partial charge in [-0.3, -0.25) is 13.7 Å². The molecule has 0 aliphatic heterocycles. The quantitative estimate of drug-likeness (QED) is 0.198. The smallest absolute Gasteiger partial charge is 0.390 e. The minimum atomic E-state index is -4.38. The van der Waals surface area contributed by atoms with Crippen LogP contribution in [0.15, 0.2) is 53.9 Å². The number of aromatic nitrogens is 4. The van der Waals surface area contributed by atoms with E-state index < -0.39 is 52.4 Å². The number of carbonyl (C=O) groups excluding carboxylic acids is 1. The highest BCUT2D eigenvalue weighted by atomic mass is 32.2. The topological polar surface area (TPSA) is 183 Å². The molecule has 0 spiro atoms. The van der Waals surface area contributed by atoms with E-state index >= 15 is 0 Å². The summed E-state index contributed by atoms with van der Waals surface area (Å²) in [5, 5.41) is 32.7. The Bertz CT molecular complexity index is 1420. The molecule has 1 fully saturated rings. The van der Waals surface area contributed by atoms with Crippen LogP contribution in [-0.4, -0.2) is 74.5 Å². The molecule has 0 saturated heterocycles. The largest absolute Gasteiger partial charge is 0.446 e. The third-order valence-electron chi connectivity index (χ3n) is 5.90. The van der Waals surface area contributed by atoms with Crippen LogP contribution in [0, 0.1) is 5.92 Å². The Hall–Kier alpha value is -3.09. The van der Waals surface area contributed by atoms with Gasteiger partial charge in [-0.05, 0) is 41.9 Å². The number of alkyl halides is 3. The maximum Gasteiger partial charge on any atom is 0.446 e. The van der Waals surface area contributed by atoms with E-state index in [0.29, 0.717) is 5.56 Å². The van der Waals surface area contributed by atoms with Crippen molar-refractivity contribution >= 4 is 33.7 Å². The van der Waals surface area contributed by atoms with Crippen molar-refractivity contribution in [2.75, 3.05) is 11.9 Å². The second-order valence-corrected chi connectivity index (χ2v) is 11.1. The second-order valence-electron chi connectivity index (χ2n) is 8.71. The monoisotopic (exact) mass is 588 g/mol. The molecule has 1 aliphatic carbocycles. The van der Waals surface area contributed by atoms with E-state index in [1.165, 1.54) is 53.7 Å². The highest BCUT2D eigenvalue weighted by Gasteiger charge is 2.42. The molecule has 0 amide bonds. The summed E-state index contributed by atoms with van der Waals surface area (Å²) < 4.78 is 65.7. The van der Waals surface area contributed by atoms with Crippen molar-refractivity contribution in [3.05, 3.63) is 65.9 Å². The Kier molecular flexibility index (Phi) is 8.57. The lowest BCUT2D eigenvalue weighted by Gasteiger charge is -2.19. The molecule has 210 valence electrons. The van der Waals surface area contributed by atoms with E-state index in [9.17, 15) is 36.6 Å². The fraction of sp³-hybridized carbons (Fsp3) is 0.364. The average molecular weight is 589 g/mol. The van der Waals surface area contributed by atoms with Gasteiger partial charge in [0.1, 0.15) is 23.9 Å². The third kappa shape index (κ3) is 7.74. The maximum atomic E-state index is 13.2. The Morgan fingerprint density at radius 3 is 2.59 bits per heavy atom. The van der Waals surface area contributed by atoms with Crippen LogP contribution in [0.5, 0.6) is 0 Å².